The first-order chi connectivity index (χ1) is 14.7. The van der Waals surface area contributed by atoms with Crippen LogP contribution in [-0.4, -0.2) is 35.7 Å². The first kappa shape index (κ1) is 22.0. The van der Waals surface area contributed by atoms with Crippen LogP contribution in [0.15, 0.2) is 29.2 Å². The summed E-state index contributed by atoms with van der Waals surface area (Å²) in [7, 11) is 0. The van der Waals surface area contributed by atoms with Crippen LogP contribution in [0, 0.1) is 17.3 Å². The molecule has 31 heavy (non-hydrogen) atoms. The zero-order valence-electron chi connectivity index (χ0n) is 17.3. The lowest BCUT2D eigenvalue weighted by atomic mass is 9.47. The number of esters is 1. The smallest absolute Gasteiger partial charge is 0.312 e. The topological polar surface area (TPSA) is 84.5 Å². The number of carbonyl (C=O) groups excluding carboxylic acids is 3. The van der Waals surface area contributed by atoms with E-state index in [9.17, 15) is 23.2 Å². The van der Waals surface area contributed by atoms with Gasteiger partial charge in [-0.2, -0.15) is 8.78 Å². The summed E-state index contributed by atoms with van der Waals surface area (Å²) in [6.07, 6.45) is 4.82. The van der Waals surface area contributed by atoms with E-state index >= 15 is 0 Å². The number of hydrogen-bond donors (Lipinski definition) is 2. The molecule has 4 bridgehead atoms. The molecule has 2 unspecified atom stereocenters. The third-order valence-corrected chi connectivity index (χ3v) is 7.43. The number of carbonyl (C=O) groups is 3. The van der Waals surface area contributed by atoms with Crippen LogP contribution in [0.5, 0.6) is 0 Å². The Labute approximate surface area is 183 Å². The Balaban J connectivity index is 1.39. The lowest BCUT2D eigenvalue weighted by Gasteiger charge is -2.60. The molecule has 0 aliphatic heterocycles. The van der Waals surface area contributed by atoms with Crippen molar-refractivity contribution in [2.45, 2.75) is 61.6 Å². The second-order valence-corrected chi connectivity index (χ2v) is 10.2. The Morgan fingerprint density at radius 3 is 2.48 bits per heavy atom. The quantitative estimate of drug-likeness (QED) is 0.483. The SMILES string of the molecule is CC(=O)NC12C[C@H]3C[C@@H](C1)CC(C(=O)OCC(=O)Nc1ccccc1SC(F)F)(C3)C2. The average Bonchev–Trinajstić information content (AvgIpc) is 2.65. The number of para-hydroxylation sites is 1. The number of anilines is 1. The lowest BCUT2D eigenvalue weighted by molar-refractivity contribution is -0.176. The van der Waals surface area contributed by atoms with E-state index in [0.29, 0.717) is 30.0 Å². The lowest BCUT2D eigenvalue weighted by Crippen LogP contribution is -2.64. The minimum atomic E-state index is -2.61. The Kier molecular flexibility index (Phi) is 5.98. The van der Waals surface area contributed by atoms with Crippen LogP contribution >= 0.6 is 11.8 Å². The van der Waals surface area contributed by atoms with E-state index in [0.717, 1.165) is 32.1 Å². The summed E-state index contributed by atoms with van der Waals surface area (Å²) in [5.74, 6) is -2.94. The number of halogens is 2. The van der Waals surface area contributed by atoms with Crippen LogP contribution < -0.4 is 10.6 Å². The number of rotatable bonds is 7. The summed E-state index contributed by atoms with van der Waals surface area (Å²) in [6, 6.07) is 6.27. The first-order valence-corrected chi connectivity index (χ1v) is 11.4. The molecule has 0 saturated heterocycles. The maximum Gasteiger partial charge on any atom is 0.312 e. The molecule has 2 N–H and O–H groups in total. The molecule has 2 amide bonds. The van der Waals surface area contributed by atoms with E-state index < -0.39 is 29.7 Å². The van der Waals surface area contributed by atoms with Crippen molar-refractivity contribution < 1.29 is 27.9 Å². The number of alkyl halides is 2. The molecule has 1 aromatic carbocycles. The van der Waals surface area contributed by atoms with Gasteiger partial charge in [0.05, 0.1) is 11.1 Å². The molecular formula is C22H26F2N2O4S. The monoisotopic (exact) mass is 452 g/mol. The summed E-state index contributed by atoms with van der Waals surface area (Å²) in [4.78, 5) is 37.4. The van der Waals surface area contributed by atoms with Crippen molar-refractivity contribution >= 4 is 35.2 Å². The van der Waals surface area contributed by atoms with E-state index in [1.54, 1.807) is 12.1 Å². The van der Waals surface area contributed by atoms with Gasteiger partial charge in [-0.3, -0.25) is 14.4 Å². The first-order valence-electron chi connectivity index (χ1n) is 10.5. The van der Waals surface area contributed by atoms with Gasteiger partial charge in [-0.05, 0) is 62.5 Å². The molecule has 4 atom stereocenters. The predicted octanol–water partition coefficient (Wildman–Crippen LogP) is 3.96. The molecule has 0 radical (unpaired) electrons. The van der Waals surface area contributed by atoms with Gasteiger partial charge in [0.15, 0.2) is 6.61 Å². The number of benzene rings is 1. The Bertz CT molecular complexity index is 880. The van der Waals surface area contributed by atoms with Crippen molar-refractivity contribution in [2.75, 3.05) is 11.9 Å². The van der Waals surface area contributed by atoms with E-state index in [4.69, 9.17) is 4.74 Å². The van der Waals surface area contributed by atoms with Crippen molar-refractivity contribution in [3.63, 3.8) is 0 Å². The van der Waals surface area contributed by atoms with Crippen molar-refractivity contribution in [1.82, 2.24) is 5.32 Å². The second kappa shape index (κ2) is 8.41. The fourth-order valence-corrected chi connectivity index (χ4v) is 6.86. The molecule has 4 fully saturated rings. The van der Waals surface area contributed by atoms with Gasteiger partial charge in [-0.15, -0.1) is 0 Å². The van der Waals surface area contributed by atoms with Gasteiger partial charge in [0.1, 0.15) is 0 Å². The van der Waals surface area contributed by atoms with Crippen LogP contribution in [0.4, 0.5) is 14.5 Å². The molecule has 168 valence electrons. The van der Waals surface area contributed by atoms with E-state index in [2.05, 4.69) is 10.6 Å². The van der Waals surface area contributed by atoms with E-state index in [1.807, 2.05) is 0 Å². The van der Waals surface area contributed by atoms with Crippen LogP contribution in [0.25, 0.3) is 0 Å². The molecule has 0 spiro atoms. The molecule has 9 heteroatoms. The van der Waals surface area contributed by atoms with Crippen LogP contribution in [0.3, 0.4) is 0 Å². The van der Waals surface area contributed by atoms with Gasteiger partial charge in [0.25, 0.3) is 11.7 Å². The minimum Gasteiger partial charge on any atom is -0.455 e. The molecule has 6 nitrogen and oxygen atoms in total. The third kappa shape index (κ3) is 4.71. The summed E-state index contributed by atoms with van der Waals surface area (Å²) in [5.41, 5.74) is -0.771. The molecule has 0 aromatic heterocycles. The van der Waals surface area contributed by atoms with Gasteiger partial charge in [0, 0.05) is 17.4 Å². The number of amides is 2. The number of nitrogens with one attached hydrogen (secondary N) is 2. The molecule has 4 aliphatic rings. The highest BCUT2D eigenvalue weighted by Gasteiger charge is 2.61. The van der Waals surface area contributed by atoms with Gasteiger partial charge < -0.3 is 15.4 Å². The number of thioether (sulfide) groups is 1. The Hall–Kier alpha value is -2.16. The van der Waals surface area contributed by atoms with E-state index in [1.165, 1.54) is 19.1 Å². The highest BCUT2D eigenvalue weighted by molar-refractivity contribution is 7.99. The summed E-state index contributed by atoms with van der Waals surface area (Å²) in [6.45, 7) is 1.02. The molecule has 1 aromatic rings. The molecule has 5 rings (SSSR count). The molecule has 4 aliphatic carbocycles. The fourth-order valence-electron chi connectivity index (χ4n) is 6.26. The van der Waals surface area contributed by atoms with Gasteiger partial charge in [-0.25, -0.2) is 0 Å². The summed E-state index contributed by atoms with van der Waals surface area (Å²) < 4.78 is 30.8. The minimum absolute atomic E-state index is 0.0924. The standard InChI is InChI=1S/C22H26F2N2O4S/c1-13(27)26-22-9-14-6-15(10-22)8-21(7-14,12-22)19(29)30-11-18(28)25-16-4-2-3-5-17(16)31-20(23)24/h2-5,14-15,20H,6-12H2,1H3,(H,25,28)(H,26,27)/t14-,15+,21?,22?. The van der Waals surface area contributed by atoms with Crippen molar-refractivity contribution in [2.24, 2.45) is 17.3 Å². The van der Waals surface area contributed by atoms with Gasteiger partial charge >= 0.3 is 5.97 Å². The molecule has 0 heterocycles. The normalized spacial score (nSPS) is 30.8. The van der Waals surface area contributed by atoms with Gasteiger partial charge in [-0.1, -0.05) is 23.9 Å². The van der Waals surface area contributed by atoms with Gasteiger partial charge in [0.2, 0.25) is 5.91 Å². The third-order valence-electron chi connectivity index (χ3n) is 6.65. The Morgan fingerprint density at radius 1 is 1.16 bits per heavy atom. The number of hydrogen-bond acceptors (Lipinski definition) is 5. The summed E-state index contributed by atoms with van der Waals surface area (Å²) >= 11 is 0.344. The van der Waals surface area contributed by atoms with Crippen LogP contribution in [0.2, 0.25) is 0 Å². The Morgan fingerprint density at radius 2 is 1.84 bits per heavy atom. The highest BCUT2D eigenvalue weighted by Crippen LogP contribution is 2.62. The average molecular weight is 453 g/mol. The maximum atomic E-state index is 13.1. The van der Waals surface area contributed by atoms with E-state index in [-0.39, 0.29) is 22.0 Å². The zero-order valence-corrected chi connectivity index (χ0v) is 18.1. The maximum absolute atomic E-state index is 13.1. The van der Waals surface area contributed by atoms with Crippen LogP contribution in [0.1, 0.15) is 45.4 Å². The highest BCUT2D eigenvalue weighted by atomic mass is 32.2. The number of ether oxygens (including phenoxy) is 1. The second-order valence-electron chi connectivity index (χ2n) is 9.20. The zero-order chi connectivity index (χ0) is 22.2. The predicted molar refractivity (Wildman–Crippen MR) is 112 cm³/mol. The van der Waals surface area contributed by atoms with Crippen molar-refractivity contribution in [3.05, 3.63) is 24.3 Å². The van der Waals surface area contributed by atoms with Crippen molar-refractivity contribution in [1.29, 1.82) is 0 Å². The molecular weight excluding hydrogens is 426 g/mol. The summed E-state index contributed by atoms with van der Waals surface area (Å²) in [5, 5.41) is 5.65. The molecule has 4 saturated carbocycles. The van der Waals surface area contributed by atoms with Crippen LogP contribution in [-0.2, 0) is 19.1 Å². The van der Waals surface area contributed by atoms with Crippen molar-refractivity contribution in [3.8, 4) is 0 Å². The fraction of sp³-hybridized carbons (Fsp3) is 0.591. The largest absolute Gasteiger partial charge is 0.455 e.